The molecule has 2 heterocycles. The highest BCUT2D eigenvalue weighted by Crippen LogP contribution is 2.24. The van der Waals surface area contributed by atoms with Gasteiger partial charge in [-0.05, 0) is 30.7 Å². The third kappa shape index (κ3) is 2.30. The Kier molecular flexibility index (Phi) is 3.43. The van der Waals surface area contributed by atoms with E-state index in [9.17, 15) is 8.42 Å². The summed E-state index contributed by atoms with van der Waals surface area (Å²) >= 11 is 3.39. The lowest BCUT2D eigenvalue weighted by atomic mass is 10.2. The van der Waals surface area contributed by atoms with Crippen molar-refractivity contribution in [3.8, 4) is 0 Å². The molecule has 1 aliphatic heterocycles. The van der Waals surface area contributed by atoms with Gasteiger partial charge in [0, 0.05) is 30.0 Å². The van der Waals surface area contributed by atoms with Crippen LogP contribution in [0.15, 0.2) is 40.0 Å². The quantitative estimate of drug-likeness (QED) is 0.829. The fourth-order valence-corrected chi connectivity index (χ4v) is 4.00. The van der Waals surface area contributed by atoms with Crippen LogP contribution in [0.5, 0.6) is 0 Å². The molecule has 2 aromatic rings. The minimum absolute atomic E-state index is 0.324. The molecule has 1 aromatic carbocycles. The van der Waals surface area contributed by atoms with Gasteiger partial charge in [0.2, 0.25) is 10.0 Å². The predicted octanol–water partition coefficient (Wildman–Crippen LogP) is 2.16. The first-order chi connectivity index (χ1) is 9.48. The van der Waals surface area contributed by atoms with Gasteiger partial charge in [-0.15, -0.1) is 0 Å². The maximum Gasteiger partial charge on any atom is 0.243 e. The average molecular weight is 356 g/mol. The normalized spacial score (nSPS) is 16.1. The molecule has 0 unspecified atom stereocenters. The van der Waals surface area contributed by atoms with Gasteiger partial charge < -0.3 is 4.57 Å². The summed E-state index contributed by atoms with van der Waals surface area (Å²) in [5.74, 6) is 0.786. The van der Waals surface area contributed by atoms with Crippen molar-refractivity contribution in [2.45, 2.75) is 24.9 Å². The van der Waals surface area contributed by atoms with Crippen molar-refractivity contribution < 1.29 is 8.42 Å². The Morgan fingerprint density at radius 1 is 1.30 bits per heavy atom. The van der Waals surface area contributed by atoms with E-state index in [1.54, 1.807) is 24.4 Å². The summed E-state index contributed by atoms with van der Waals surface area (Å²) in [6.07, 6.45) is 3.58. The van der Waals surface area contributed by atoms with Gasteiger partial charge >= 0.3 is 0 Å². The first-order valence-electron chi connectivity index (χ1n) is 6.25. The number of aryl methyl sites for hydroxylation is 1. The Labute approximate surface area is 126 Å². The molecule has 106 valence electrons. The lowest BCUT2D eigenvalue weighted by molar-refractivity contribution is 0.335. The molecule has 0 saturated carbocycles. The van der Waals surface area contributed by atoms with Crippen LogP contribution in [-0.4, -0.2) is 28.8 Å². The summed E-state index contributed by atoms with van der Waals surface area (Å²) in [5.41, 5.74) is 0.907. The molecule has 0 fully saturated rings. The molecule has 0 N–H and O–H groups in total. The lowest BCUT2D eigenvalue weighted by Crippen LogP contribution is -2.38. The lowest BCUT2D eigenvalue weighted by Gasteiger charge is -2.27. The summed E-state index contributed by atoms with van der Waals surface area (Å²) in [5, 5.41) is 0. The number of hydrogen-bond acceptors (Lipinski definition) is 3. The highest BCUT2D eigenvalue weighted by molar-refractivity contribution is 9.10. The Hall–Kier alpha value is -1.18. The number of rotatable bonds is 2. The second-order valence-electron chi connectivity index (χ2n) is 4.79. The molecular weight excluding hydrogens is 342 g/mol. The molecule has 0 spiro atoms. The van der Waals surface area contributed by atoms with E-state index in [0.29, 0.717) is 24.5 Å². The molecule has 0 atom stereocenters. The highest BCUT2D eigenvalue weighted by atomic mass is 79.9. The van der Waals surface area contributed by atoms with Crippen LogP contribution in [-0.2, 0) is 23.1 Å². The first kappa shape index (κ1) is 13.8. The third-order valence-electron chi connectivity index (χ3n) is 3.48. The summed E-state index contributed by atoms with van der Waals surface area (Å²) in [6, 6.07) is 5.10. The zero-order valence-corrected chi connectivity index (χ0v) is 13.4. The van der Waals surface area contributed by atoms with Crippen LogP contribution < -0.4 is 0 Å². The largest absolute Gasteiger partial charge is 0.333 e. The molecule has 1 aromatic heterocycles. The molecule has 0 saturated heterocycles. The van der Waals surface area contributed by atoms with Crippen LogP contribution in [0.25, 0.3) is 0 Å². The van der Waals surface area contributed by atoms with Gasteiger partial charge in [0.25, 0.3) is 0 Å². The van der Waals surface area contributed by atoms with Crippen molar-refractivity contribution in [3.05, 3.63) is 46.5 Å². The molecule has 0 amide bonds. The van der Waals surface area contributed by atoms with Gasteiger partial charge in [-0.3, -0.25) is 0 Å². The maximum atomic E-state index is 12.7. The average Bonchev–Trinajstić information content (AvgIpc) is 2.89. The van der Waals surface area contributed by atoms with Crippen LogP contribution >= 0.6 is 15.9 Å². The fourth-order valence-electron chi connectivity index (χ4n) is 2.28. The van der Waals surface area contributed by atoms with E-state index in [-0.39, 0.29) is 0 Å². The summed E-state index contributed by atoms with van der Waals surface area (Å²) in [7, 11) is -3.46. The van der Waals surface area contributed by atoms with E-state index < -0.39 is 10.0 Å². The minimum atomic E-state index is -3.46. The molecular formula is C13H14BrN3O2S. The Morgan fingerprint density at radius 3 is 2.85 bits per heavy atom. The molecule has 0 bridgehead atoms. The van der Waals surface area contributed by atoms with E-state index in [4.69, 9.17) is 0 Å². The molecule has 0 radical (unpaired) electrons. The number of fused-ring (bicyclic) bond motifs is 1. The van der Waals surface area contributed by atoms with Crippen LogP contribution in [0.2, 0.25) is 0 Å². The number of imidazole rings is 1. The Balaban J connectivity index is 1.95. The van der Waals surface area contributed by atoms with Crippen LogP contribution in [0.1, 0.15) is 11.4 Å². The third-order valence-corrected chi connectivity index (χ3v) is 6.21. The fraction of sp³-hybridized carbons (Fsp3) is 0.308. The Bertz CT molecular complexity index is 755. The van der Waals surface area contributed by atoms with E-state index >= 15 is 0 Å². The second kappa shape index (κ2) is 4.98. The molecule has 3 rings (SSSR count). The molecule has 20 heavy (non-hydrogen) atoms. The minimum Gasteiger partial charge on any atom is -0.333 e. The number of nitrogens with zero attached hydrogens (tertiary/aromatic N) is 3. The van der Waals surface area contributed by atoms with Gasteiger partial charge in [-0.1, -0.05) is 15.9 Å². The zero-order valence-electron chi connectivity index (χ0n) is 11.0. The van der Waals surface area contributed by atoms with E-state index in [0.717, 1.165) is 15.9 Å². The topological polar surface area (TPSA) is 55.2 Å². The SMILES string of the molecule is Cc1cc(S(=O)(=O)N2CCn3ccnc3C2)ccc1Br. The molecule has 5 nitrogen and oxygen atoms in total. The van der Waals surface area contributed by atoms with Crippen LogP contribution in [0.4, 0.5) is 0 Å². The van der Waals surface area contributed by atoms with Crippen molar-refractivity contribution >= 4 is 26.0 Å². The number of sulfonamides is 1. The van der Waals surface area contributed by atoms with Gasteiger partial charge in [0.05, 0.1) is 11.4 Å². The van der Waals surface area contributed by atoms with E-state index in [2.05, 4.69) is 20.9 Å². The van der Waals surface area contributed by atoms with Crippen LogP contribution in [0.3, 0.4) is 0 Å². The standard InChI is InChI=1S/C13H14BrN3O2S/c1-10-8-11(2-3-12(10)14)20(18,19)17-7-6-16-5-4-15-13(16)9-17/h2-5,8H,6-7,9H2,1H3. The van der Waals surface area contributed by atoms with Crippen LogP contribution in [0, 0.1) is 6.92 Å². The van der Waals surface area contributed by atoms with Gasteiger partial charge in [0.15, 0.2) is 0 Å². The molecule has 7 heteroatoms. The maximum absolute atomic E-state index is 12.7. The van der Waals surface area contributed by atoms with Crippen molar-refractivity contribution in [2.24, 2.45) is 0 Å². The highest BCUT2D eigenvalue weighted by Gasteiger charge is 2.29. The van der Waals surface area contributed by atoms with Crippen molar-refractivity contribution in [1.29, 1.82) is 0 Å². The van der Waals surface area contributed by atoms with Crippen molar-refractivity contribution in [2.75, 3.05) is 6.54 Å². The predicted molar refractivity (Wildman–Crippen MR) is 78.7 cm³/mol. The van der Waals surface area contributed by atoms with Crippen molar-refractivity contribution in [1.82, 2.24) is 13.9 Å². The number of hydrogen-bond donors (Lipinski definition) is 0. The summed E-state index contributed by atoms with van der Waals surface area (Å²) < 4.78 is 29.7. The number of aromatic nitrogens is 2. The second-order valence-corrected chi connectivity index (χ2v) is 7.58. The molecule has 1 aliphatic rings. The van der Waals surface area contributed by atoms with E-state index in [1.165, 1.54) is 4.31 Å². The van der Waals surface area contributed by atoms with E-state index in [1.807, 2.05) is 17.7 Å². The number of benzene rings is 1. The molecule has 0 aliphatic carbocycles. The van der Waals surface area contributed by atoms with Gasteiger partial charge in [-0.2, -0.15) is 4.31 Å². The number of halogens is 1. The first-order valence-corrected chi connectivity index (χ1v) is 8.48. The summed E-state index contributed by atoms with van der Waals surface area (Å²) in [4.78, 5) is 4.53. The zero-order chi connectivity index (χ0) is 14.3. The monoisotopic (exact) mass is 355 g/mol. The van der Waals surface area contributed by atoms with Gasteiger partial charge in [-0.25, -0.2) is 13.4 Å². The van der Waals surface area contributed by atoms with Gasteiger partial charge in [0.1, 0.15) is 5.82 Å². The van der Waals surface area contributed by atoms with Crippen molar-refractivity contribution in [3.63, 3.8) is 0 Å². The Morgan fingerprint density at radius 2 is 2.10 bits per heavy atom. The summed E-state index contributed by atoms with van der Waals surface area (Å²) in [6.45, 7) is 3.32. The smallest absolute Gasteiger partial charge is 0.243 e.